The first-order valence-electron chi connectivity index (χ1n) is 6.34. The second kappa shape index (κ2) is 6.36. The molecule has 0 aliphatic rings. The van der Waals surface area contributed by atoms with E-state index in [9.17, 15) is 13.2 Å². The Hall–Kier alpha value is -1.41. The first-order valence-corrected chi connectivity index (χ1v) is 8.23. The molecule has 1 rings (SSSR count). The Labute approximate surface area is 119 Å². The molecule has 0 radical (unpaired) electrons. The van der Waals surface area contributed by atoms with Gasteiger partial charge in [0.05, 0.1) is 24.2 Å². The summed E-state index contributed by atoms with van der Waals surface area (Å²) >= 11 is 0. The zero-order valence-corrected chi connectivity index (χ0v) is 13.1. The van der Waals surface area contributed by atoms with E-state index in [1.807, 2.05) is 6.07 Å². The number of carbonyl (C=O) groups excluding carboxylic acids is 1. The second-order valence-corrected chi connectivity index (χ2v) is 7.55. The highest BCUT2D eigenvalue weighted by atomic mass is 32.2. The van der Waals surface area contributed by atoms with Gasteiger partial charge in [-0.25, -0.2) is 13.1 Å². The summed E-state index contributed by atoms with van der Waals surface area (Å²) in [4.78, 5) is 11.5. The number of nitrogens with zero attached hydrogens (tertiary/aromatic N) is 1. The molecule has 0 atom stereocenters. The summed E-state index contributed by atoms with van der Waals surface area (Å²) in [5, 5.41) is 9.77. The molecular formula is C12H22N4O3S. The van der Waals surface area contributed by atoms with E-state index in [0.717, 1.165) is 17.6 Å². The molecule has 0 bridgehead atoms. The normalized spacial score (nSPS) is 12.4. The number of sulfonamides is 1. The first kappa shape index (κ1) is 16.6. The average molecular weight is 302 g/mol. The molecule has 1 amide bonds. The number of carbonyl (C=O) groups is 1. The van der Waals surface area contributed by atoms with Crippen molar-refractivity contribution in [1.29, 1.82) is 0 Å². The molecule has 0 unspecified atom stereocenters. The van der Waals surface area contributed by atoms with Crippen LogP contribution in [0.1, 0.15) is 38.6 Å². The monoisotopic (exact) mass is 302 g/mol. The molecule has 114 valence electrons. The van der Waals surface area contributed by atoms with Gasteiger partial charge in [0.1, 0.15) is 0 Å². The van der Waals surface area contributed by atoms with Crippen LogP contribution < -0.4 is 10.0 Å². The predicted molar refractivity (Wildman–Crippen MR) is 76.6 cm³/mol. The third-order valence-corrected chi connectivity index (χ3v) is 3.32. The molecule has 0 spiro atoms. The van der Waals surface area contributed by atoms with Gasteiger partial charge >= 0.3 is 0 Å². The Kier molecular flexibility index (Phi) is 5.29. The highest BCUT2D eigenvalue weighted by Gasteiger charge is 2.17. The minimum absolute atomic E-state index is 0.0435. The van der Waals surface area contributed by atoms with E-state index in [1.165, 1.54) is 0 Å². The van der Waals surface area contributed by atoms with Crippen molar-refractivity contribution in [1.82, 2.24) is 20.2 Å². The van der Waals surface area contributed by atoms with E-state index in [4.69, 9.17) is 0 Å². The molecule has 1 heterocycles. The number of aromatic amines is 1. The average Bonchev–Trinajstić information content (AvgIpc) is 2.72. The molecule has 0 aliphatic carbocycles. The van der Waals surface area contributed by atoms with Gasteiger partial charge in [-0.2, -0.15) is 5.10 Å². The van der Waals surface area contributed by atoms with Crippen molar-refractivity contribution in [2.24, 2.45) is 0 Å². The molecule has 20 heavy (non-hydrogen) atoms. The van der Waals surface area contributed by atoms with Crippen LogP contribution in [0.25, 0.3) is 0 Å². The first-order chi connectivity index (χ1) is 9.08. The van der Waals surface area contributed by atoms with Crippen LogP contribution >= 0.6 is 0 Å². The summed E-state index contributed by atoms with van der Waals surface area (Å²) < 4.78 is 23.9. The van der Waals surface area contributed by atoms with Crippen LogP contribution in [-0.4, -0.2) is 37.3 Å². The molecule has 0 saturated heterocycles. The van der Waals surface area contributed by atoms with Crippen LogP contribution in [0, 0.1) is 0 Å². The maximum atomic E-state index is 11.5. The Balaban J connectivity index is 2.36. The third-order valence-electron chi connectivity index (χ3n) is 2.59. The van der Waals surface area contributed by atoms with Gasteiger partial charge in [-0.3, -0.25) is 9.89 Å². The fraction of sp³-hybridized carbons (Fsp3) is 0.667. The zero-order valence-electron chi connectivity index (χ0n) is 12.3. The molecule has 1 aromatic heterocycles. The molecule has 1 aromatic rings. The van der Waals surface area contributed by atoms with Crippen molar-refractivity contribution in [3.63, 3.8) is 0 Å². The second-order valence-electron chi connectivity index (χ2n) is 5.72. The molecule has 7 nitrogen and oxygen atoms in total. The number of hydrogen-bond acceptors (Lipinski definition) is 4. The molecule has 0 aliphatic heterocycles. The maximum Gasteiger partial charge on any atom is 0.221 e. The largest absolute Gasteiger partial charge is 0.350 e. The van der Waals surface area contributed by atoms with Gasteiger partial charge in [0.25, 0.3) is 0 Å². The zero-order chi connectivity index (χ0) is 15.4. The maximum absolute atomic E-state index is 11.5. The van der Waals surface area contributed by atoms with Crippen LogP contribution in [0.3, 0.4) is 0 Å². The summed E-state index contributed by atoms with van der Waals surface area (Å²) in [7, 11) is -3.25. The number of aromatic nitrogens is 2. The van der Waals surface area contributed by atoms with Crippen LogP contribution in [0.4, 0.5) is 0 Å². The van der Waals surface area contributed by atoms with Crippen LogP contribution in [0.2, 0.25) is 0 Å². The lowest BCUT2D eigenvalue weighted by Crippen LogP contribution is -2.29. The van der Waals surface area contributed by atoms with Gasteiger partial charge in [-0.15, -0.1) is 0 Å². The van der Waals surface area contributed by atoms with Gasteiger partial charge in [-0.1, -0.05) is 20.8 Å². The highest BCUT2D eigenvalue weighted by Crippen LogP contribution is 2.19. The number of H-pyrrole nitrogens is 1. The topological polar surface area (TPSA) is 104 Å². The van der Waals surface area contributed by atoms with E-state index in [0.29, 0.717) is 6.54 Å². The number of nitrogens with one attached hydrogen (secondary N) is 3. The molecule has 0 fully saturated rings. The fourth-order valence-corrected chi connectivity index (χ4v) is 1.94. The lowest BCUT2D eigenvalue weighted by Gasteiger charge is -2.13. The van der Waals surface area contributed by atoms with Crippen LogP contribution in [-0.2, 0) is 26.8 Å². The SMILES string of the molecule is CC(C)(C)c1cc(CNC(=O)CCNS(C)(=O)=O)[nH]n1. The van der Waals surface area contributed by atoms with E-state index in [1.54, 1.807) is 0 Å². The number of amides is 1. The van der Waals surface area contributed by atoms with Gasteiger partial charge in [0.2, 0.25) is 15.9 Å². The lowest BCUT2D eigenvalue weighted by atomic mass is 9.92. The highest BCUT2D eigenvalue weighted by molar-refractivity contribution is 7.88. The van der Waals surface area contributed by atoms with Crippen LogP contribution in [0.5, 0.6) is 0 Å². The van der Waals surface area contributed by atoms with Crippen molar-refractivity contribution in [2.45, 2.75) is 39.2 Å². The Morgan fingerprint density at radius 2 is 2.05 bits per heavy atom. The summed E-state index contributed by atoms with van der Waals surface area (Å²) in [6.07, 6.45) is 1.16. The van der Waals surface area contributed by atoms with Crippen molar-refractivity contribution >= 4 is 15.9 Å². The number of hydrogen-bond donors (Lipinski definition) is 3. The number of rotatable bonds is 6. The van der Waals surface area contributed by atoms with Gasteiger partial charge in [0, 0.05) is 18.4 Å². The summed E-state index contributed by atoms with van der Waals surface area (Å²) in [6, 6.07) is 1.91. The van der Waals surface area contributed by atoms with Gasteiger partial charge < -0.3 is 5.32 Å². The minimum Gasteiger partial charge on any atom is -0.350 e. The van der Waals surface area contributed by atoms with E-state index in [2.05, 4.69) is 41.0 Å². The van der Waals surface area contributed by atoms with E-state index >= 15 is 0 Å². The third kappa shape index (κ3) is 6.16. The lowest BCUT2D eigenvalue weighted by molar-refractivity contribution is -0.121. The molecule has 8 heteroatoms. The fourth-order valence-electron chi connectivity index (χ4n) is 1.47. The van der Waals surface area contributed by atoms with E-state index in [-0.39, 0.29) is 24.3 Å². The van der Waals surface area contributed by atoms with Crippen molar-refractivity contribution in [3.8, 4) is 0 Å². The quantitative estimate of drug-likeness (QED) is 0.701. The summed E-state index contributed by atoms with van der Waals surface area (Å²) in [5.41, 5.74) is 1.71. The standard InChI is InChI=1S/C12H22N4O3S/c1-12(2,3)10-7-9(15-16-10)8-13-11(17)5-6-14-20(4,18)19/h7,14H,5-6,8H2,1-4H3,(H,13,17)(H,15,16). The Morgan fingerprint density at radius 1 is 1.40 bits per heavy atom. The van der Waals surface area contributed by atoms with Crippen molar-refractivity contribution in [3.05, 3.63) is 17.5 Å². The van der Waals surface area contributed by atoms with Gasteiger partial charge in [-0.05, 0) is 6.07 Å². The summed E-state index contributed by atoms with van der Waals surface area (Å²) in [5.74, 6) is -0.215. The smallest absolute Gasteiger partial charge is 0.221 e. The molecule has 0 aromatic carbocycles. The van der Waals surface area contributed by atoms with Crippen LogP contribution in [0.15, 0.2) is 6.07 Å². The molecule has 0 saturated carbocycles. The molecular weight excluding hydrogens is 280 g/mol. The minimum atomic E-state index is -3.25. The van der Waals surface area contributed by atoms with Crippen molar-refractivity contribution < 1.29 is 13.2 Å². The van der Waals surface area contributed by atoms with E-state index < -0.39 is 10.0 Å². The Morgan fingerprint density at radius 3 is 2.55 bits per heavy atom. The predicted octanol–water partition coefficient (Wildman–Crippen LogP) is 0.263. The Bertz CT molecular complexity index is 558. The molecule has 3 N–H and O–H groups in total. The van der Waals surface area contributed by atoms with Crippen molar-refractivity contribution in [2.75, 3.05) is 12.8 Å². The van der Waals surface area contributed by atoms with Gasteiger partial charge in [0.15, 0.2) is 0 Å². The summed E-state index contributed by atoms with van der Waals surface area (Å²) in [6.45, 7) is 6.62.